The van der Waals surface area contributed by atoms with Crippen molar-refractivity contribution >= 4 is 38.9 Å². The van der Waals surface area contributed by atoms with Gasteiger partial charge in [0.2, 0.25) is 0 Å². The number of nitrogens with one attached hydrogen (secondary N) is 1. The second-order valence-electron chi connectivity index (χ2n) is 7.33. The first-order valence-electron chi connectivity index (χ1n) is 10.1. The summed E-state index contributed by atoms with van der Waals surface area (Å²) in [5.74, 6) is -1.85. The van der Waals surface area contributed by atoms with Gasteiger partial charge in [0.05, 0.1) is 9.90 Å². The summed E-state index contributed by atoms with van der Waals surface area (Å²) in [5.41, 5.74) is 0.751. The molecule has 4 aromatic rings. The van der Waals surface area contributed by atoms with Crippen molar-refractivity contribution in [3.8, 4) is 5.75 Å². The Morgan fingerprint density at radius 3 is 2.54 bits per heavy atom. The van der Waals surface area contributed by atoms with Crippen LogP contribution in [0.3, 0.4) is 0 Å². The number of thiazole rings is 1. The molecule has 0 saturated heterocycles. The number of carbonyl (C=O) groups excluding carboxylic acids is 1. The van der Waals surface area contributed by atoms with Crippen LogP contribution in [0.25, 0.3) is 0 Å². The van der Waals surface area contributed by atoms with Crippen LogP contribution < -0.4 is 9.46 Å². The maximum Gasteiger partial charge on any atom is 0.284 e. The largest absolute Gasteiger partial charge is 0.488 e. The molecule has 0 spiro atoms. The zero-order chi connectivity index (χ0) is 25.0. The molecule has 0 saturated carbocycles. The van der Waals surface area contributed by atoms with Gasteiger partial charge < -0.3 is 4.74 Å². The summed E-state index contributed by atoms with van der Waals surface area (Å²) in [6.07, 6.45) is 0.227. The highest BCUT2D eigenvalue weighted by Gasteiger charge is 2.21. The molecular formula is C24H17ClF2N2O4S2. The molecule has 0 fully saturated rings. The van der Waals surface area contributed by atoms with Crippen LogP contribution >= 0.6 is 22.9 Å². The Balaban J connectivity index is 1.48. The van der Waals surface area contributed by atoms with Crippen molar-refractivity contribution in [2.24, 2.45) is 0 Å². The van der Waals surface area contributed by atoms with Crippen molar-refractivity contribution < 1.29 is 26.7 Å². The smallest absolute Gasteiger partial charge is 0.284 e. The average molecular weight is 535 g/mol. The van der Waals surface area contributed by atoms with Gasteiger partial charge in [-0.3, -0.25) is 4.79 Å². The van der Waals surface area contributed by atoms with E-state index in [0.29, 0.717) is 21.3 Å². The minimum atomic E-state index is -4.04. The van der Waals surface area contributed by atoms with Crippen molar-refractivity contribution in [2.75, 3.05) is 0 Å². The van der Waals surface area contributed by atoms with Crippen LogP contribution in [0.15, 0.2) is 77.0 Å². The maximum atomic E-state index is 13.9. The minimum Gasteiger partial charge on any atom is -0.488 e. The zero-order valence-electron chi connectivity index (χ0n) is 17.9. The van der Waals surface area contributed by atoms with Gasteiger partial charge in [-0.1, -0.05) is 29.8 Å². The van der Waals surface area contributed by atoms with E-state index in [2.05, 4.69) is 4.98 Å². The van der Waals surface area contributed by atoms with Gasteiger partial charge >= 0.3 is 0 Å². The first-order chi connectivity index (χ1) is 16.7. The van der Waals surface area contributed by atoms with Crippen LogP contribution in [0.1, 0.15) is 26.6 Å². The standard InChI is InChI=1S/C24H17ClF2N2O4S2/c25-17-7-9-22(33-13-15-6-8-18(26)12-20(15)27)16(10-17)11-23-28-21(14-34-23)24(30)29-35(31,32)19-4-2-1-3-5-19/h1-10,12,14H,11,13H2,(H,29,30). The van der Waals surface area contributed by atoms with Crippen LogP contribution in [0.2, 0.25) is 5.02 Å². The Kier molecular flexibility index (Phi) is 7.44. The number of hydrogen-bond acceptors (Lipinski definition) is 6. The van der Waals surface area contributed by atoms with Crippen LogP contribution in [0.4, 0.5) is 8.78 Å². The topological polar surface area (TPSA) is 85.4 Å². The number of amides is 1. The van der Waals surface area contributed by atoms with Gasteiger partial charge in [-0.2, -0.15) is 0 Å². The molecule has 1 N–H and O–H groups in total. The van der Waals surface area contributed by atoms with Crippen LogP contribution in [0.5, 0.6) is 5.75 Å². The van der Waals surface area contributed by atoms with Crippen LogP contribution in [0, 0.1) is 11.6 Å². The fraction of sp³-hybridized carbons (Fsp3) is 0.0833. The second kappa shape index (κ2) is 10.5. The van der Waals surface area contributed by atoms with E-state index >= 15 is 0 Å². The maximum absolute atomic E-state index is 13.9. The third kappa shape index (κ3) is 6.21. The highest BCUT2D eigenvalue weighted by Crippen LogP contribution is 2.28. The highest BCUT2D eigenvalue weighted by molar-refractivity contribution is 7.90. The zero-order valence-corrected chi connectivity index (χ0v) is 20.3. The molecule has 0 aliphatic rings. The molecule has 0 aliphatic carbocycles. The van der Waals surface area contributed by atoms with Crippen molar-refractivity contribution in [1.29, 1.82) is 0 Å². The Morgan fingerprint density at radius 1 is 1.03 bits per heavy atom. The molecule has 0 radical (unpaired) electrons. The first kappa shape index (κ1) is 24.8. The second-order valence-corrected chi connectivity index (χ2v) is 10.4. The molecule has 0 unspecified atom stereocenters. The number of benzene rings is 3. The van der Waals surface area contributed by atoms with E-state index in [-0.39, 0.29) is 29.2 Å². The molecule has 1 heterocycles. The molecule has 11 heteroatoms. The quantitative estimate of drug-likeness (QED) is 0.329. The van der Waals surface area contributed by atoms with Crippen molar-refractivity contribution in [2.45, 2.75) is 17.9 Å². The van der Waals surface area contributed by atoms with Gasteiger partial charge in [-0.05, 0) is 42.5 Å². The predicted molar refractivity (Wildman–Crippen MR) is 128 cm³/mol. The molecule has 35 heavy (non-hydrogen) atoms. The van der Waals surface area contributed by atoms with Gasteiger partial charge in [-0.15, -0.1) is 11.3 Å². The van der Waals surface area contributed by atoms with E-state index in [1.54, 1.807) is 36.4 Å². The monoisotopic (exact) mass is 534 g/mol. The fourth-order valence-electron chi connectivity index (χ4n) is 3.11. The van der Waals surface area contributed by atoms with Crippen LogP contribution in [-0.4, -0.2) is 19.3 Å². The number of hydrogen-bond donors (Lipinski definition) is 1. The van der Waals surface area contributed by atoms with Gasteiger partial charge in [0.1, 0.15) is 29.7 Å². The lowest BCUT2D eigenvalue weighted by molar-refractivity contribution is 0.0977. The molecule has 0 aliphatic heterocycles. The molecule has 180 valence electrons. The summed E-state index contributed by atoms with van der Waals surface area (Å²) in [6.45, 7) is -0.135. The average Bonchev–Trinajstić information content (AvgIpc) is 3.29. The normalized spacial score (nSPS) is 11.3. The highest BCUT2D eigenvalue weighted by atomic mass is 35.5. The number of sulfonamides is 1. The van der Waals surface area contributed by atoms with Gasteiger partial charge in [0, 0.05) is 34.0 Å². The number of nitrogens with zero attached hydrogens (tertiary/aromatic N) is 1. The van der Waals surface area contributed by atoms with E-state index in [1.165, 1.54) is 23.6 Å². The molecular weight excluding hydrogens is 518 g/mol. The Labute approximate surface area is 209 Å². The third-order valence-corrected chi connectivity index (χ3v) is 7.26. The van der Waals surface area contributed by atoms with E-state index in [9.17, 15) is 22.0 Å². The Morgan fingerprint density at radius 2 is 1.80 bits per heavy atom. The van der Waals surface area contributed by atoms with Gasteiger partial charge in [0.15, 0.2) is 0 Å². The lowest BCUT2D eigenvalue weighted by Gasteiger charge is -2.12. The van der Waals surface area contributed by atoms with Crippen molar-refractivity contribution in [3.05, 3.63) is 111 Å². The molecule has 1 amide bonds. The van der Waals surface area contributed by atoms with E-state index < -0.39 is 27.6 Å². The lowest BCUT2D eigenvalue weighted by Crippen LogP contribution is -2.30. The summed E-state index contributed by atoms with van der Waals surface area (Å²) in [7, 11) is -4.04. The fourth-order valence-corrected chi connectivity index (χ4v) is 5.09. The van der Waals surface area contributed by atoms with E-state index in [0.717, 1.165) is 23.5 Å². The molecule has 0 atom stereocenters. The number of halogens is 3. The lowest BCUT2D eigenvalue weighted by atomic mass is 10.1. The number of aromatic nitrogens is 1. The summed E-state index contributed by atoms with van der Waals surface area (Å²) in [6, 6.07) is 15.6. The van der Waals surface area contributed by atoms with Crippen molar-refractivity contribution in [3.63, 3.8) is 0 Å². The Hall–Kier alpha value is -3.34. The van der Waals surface area contributed by atoms with Crippen LogP contribution in [-0.2, 0) is 23.1 Å². The predicted octanol–water partition coefficient (Wildman–Crippen LogP) is 5.36. The van der Waals surface area contributed by atoms with E-state index in [4.69, 9.17) is 16.3 Å². The third-order valence-electron chi connectivity index (χ3n) is 4.83. The minimum absolute atomic E-state index is 0.0397. The molecule has 3 aromatic carbocycles. The van der Waals surface area contributed by atoms with Gasteiger partial charge in [-0.25, -0.2) is 26.9 Å². The summed E-state index contributed by atoms with van der Waals surface area (Å²) in [4.78, 5) is 16.7. The molecule has 4 rings (SSSR count). The first-order valence-corrected chi connectivity index (χ1v) is 12.9. The van der Waals surface area contributed by atoms with Crippen molar-refractivity contribution in [1.82, 2.24) is 9.71 Å². The molecule has 0 bridgehead atoms. The van der Waals surface area contributed by atoms with E-state index in [1.807, 2.05) is 4.72 Å². The van der Waals surface area contributed by atoms with Gasteiger partial charge in [0.25, 0.3) is 15.9 Å². The summed E-state index contributed by atoms with van der Waals surface area (Å²) >= 11 is 7.28. The number of rotatable bonds is 8. The summed E-state index contributed by atoms with van der Waals surface area (Å²) < 4.78 is 59.6. The number of carbonyl (C=O) groups is 1. The molecule has 6 nitrogen and oxygen atoms in total. The number of ether oxygens (including phenoxy) is 1. The Bertz CT molecular complexity index is 1480. The summed E-state index contributed by atoms with van der Waals surface area (Å²) in [5, 5.41) is 2.39. The molecule has 1 aromatic heterocycles. The SMILES string of the molecule is O=C(NS(=O)(=O)c1ccccc1)c1csc(Cc2cc(Cl)ccc2OCc2ccc(F)cc2F)n1.